The zero-order valence-corrected chi connectivity index (χ0v) is 12.6. The Morgan fingerprint density at radius 1 is 1.11 bits per heavy atom. The molecule has 2 rings (SSSR count). The van der Waals surface area contributed by atoms with Crippen molar-refractivity contribution in [2.75, 3.05) is 0 Å². The van der Waals surface area contributed by atoms with Crippen molar-refractivity contribution in [1.82, 2.24) is 9.55 Å². The van der Waals surface area contributed by atoms with Crippen LogP contribution in [0.3, 0.4) is 0 Å². The topological polar surface area (TPSA) is 17.8 Å². The Bertz CT molecular complexity index is 550. The van der Waals surface area contributed by atoms with Gasteiger partial charge >= 0.3 is 0 Å². The third-order valence-corrected chi connectivity index (χ3v) is 4.25. The molecule has 1 aromatic heterocycles. The Kier molecular flexibility index (Phi) is 3.81. The Balaban J connectivity index is 2.39. The van der Waals surface area contributed by atoms with E-state index in [2.05, 4.69) is 62.5 Å². The molecule has 0 amide bonds. The fourth-order valence-corrected chi connectivity index (χ4v) is 3.41. The van der Waals surface area contributed by atoms with Crippen LogP contribution in [-0.4, -0.2) is 9.55 Å². The third-order valence-electron chi connectivity index (χ3n) is 3.08. The van der Waals surface area contributed by atoms with E-state index in [1.165, 1.54) is 26.7 Å². The molecule has 0 aliphatic heterocycles. The van der Waals surface area contributed by atoms with E-state index in [4.69, 9.17) is 0 Å². The molecule has 1 heterocycles. The van der Waals surface area contributed by atoms with Crippen molar-refractivity contribution >= 4 is 11.8 Å². The SMILES string of the molecule is CCc1nc(C)n(C)c1Sc1cc(C)cc(C)c1. The number of aryl methyl sites for hydroxylation is 4. The van der Waals surface area contributed by atoms with Crippen LogP contribution >= 0.6 is 11.8 Å². The van der Waals surface area contributed by atoms with E-state index in [9.17, 15) is 0 Å². The third kappa shape index (κ3) is 2.61. The minimum atomic E-state index is 0.981. The second-order valence-corrected chi connectivity index (χ2v) is 5.81. The van der Waals surface area contributed by atoms with Gasteiger partial charge < -0.3 is 4.57 Å². The lowest BCUT2D eigenvalue weighted by Gasteiger charge is -2.07. The molecule has 0 saturated heterocycles. The van der Waals surface area contributed by atoms with Gasteiger partial charge in [0.2, 0.25) is 0 Å². The average Bonchev–Trinajstić information content (AvgIpc) is 2.55. The largest absolute Gasteiger partial charge is 0.326 e. The predicted octanol–water partition coefficient (Wildman–Crippen LogP) is 4.06. The molecule has 1 aromatic carbocycles. The summed E-state index contributed by atoms with van der Waals surface area (Å²) in [5.74, 6) is 1.08. The summed E-state index contributed by atoms with van der Waals surface area (Å²) in [6.45, 7) is 8.51. The predicted molar refractivity (Wildman–Crippen MR) is 77.4 cm³/mol. The molecule has 2 nitrogen and oxygen atoms in total. The Morgan fingerprint density at radius 2 is 1.72 bits per heavy atom. The average molecular weight is 260 g/mol. The quantitative estimate of drug-likeness (QED) is 0.828. The summed E-state index contributed by atoms with van der Waals surface area (Å²) in [4.78, 5) is 5.91. The van der Waals surface area contributed by atoms with Crippen molar-refractivity contribution in [1.29, 1.82) is 0 Å². The molecule has 0 bridgehead atoms. The summed E-state index contributed by atoms with van der Waals surface area (Å²) in [6, 6.07) is 6.68. The van der Waals surface area contributed by atoms with Gasteiger partial charge in [0.1, 0.15) is 10.9 Å². The van der Waals surface area contributed by atoms with Crippen molar-refractivity contribution in [2.45, 2.75) is 44.0 Å². The molecule has 0 radical (unpaired) electrons. The van der Waals surface area contributed by atoms with E-state index in [0.29, 0.717) is 0 Å². The van der Waals surface area contributed by atoms with E-state index in [0.717, 1.165) is 12.2 Å². The van der Waals surface area contributed by atoms with Crippen molar-refractivity contribution in [3.8, 4) is 0 Å². The Morgan fingerprint density at radius 3 is 2.28 bits per heavy atom. The summed E-state index contributed by atoms with van der Waals surface area (Å²) >= 11 is 1.82. The molecule has 0 aliphatic carbocycles. The van der Waals surface area contributed by atoms with Gasteiger partial charge in [-0.2, -0.15) is 0 Å². The van der Waals surface area contributed by atoms with Gasteiger partial charge in [-0.15, -0.1) is 0 Å². The lowest BCUT2D eigenvalue weighted by Crippen LogP contribution is -1.94. The van der Waals surface area contributed by atoms with E-state index in [-0.39, 0.29) is 0 Å². The number of hydrogen-bond donors (Lipinski definition) is 0. The molecule has 0 N–H and O–H groups in total. The van der Waals surface area contributed by atoms with Crippen LogP contribution in [0.25, 0.3) is 0 Å². The monoisotopic (exact) mass is 260 g/mol. The fourth-order valence-electron chi connectivity index (χ4n) is 2.12. The van der Waals surface area contributed by atoms with Crippen LogP contribution < -0.4 is 0 Å². The second-order valence-electron chi connectivity index (χ2n) is 4.75. The molecule has 0 unspecified atom stereocenters. The van der Waals surface area contributed by atoms with Crippen molar-refractivity contribution in [2.24, 2.45) is 7.05 Å². The van der Waals surface area contributed by atoms with Crippen LogP contribution in [0.5, 0.6) is 0 Å². The maximum Gasteiger partial charge on any atom is 0.106 e. The minimum Gasteiger partial charge on any atom is -0.326 e. The fraction of sp³-hybridized carbons (Fsp3) is 0.400. The molecule has 0 spiro atoms. The summed E-state index contributed by atoms with van der Waals surface area (Å²) in [6.07, 6.45) is 0.981. The van der Waals surface area contributed by atoms with Crippen LogP contribution in [0.15, 0.2) is 28.1 Å². The molecule has 0 atom stereocenters. The van der Waals surface area contributed by atoms with Gasteiger partial charge in [0, 0.05) is 11.9 Å². The van der Waals surface area contributed by atoms with E-state index < -0.39 is 0 Å². The van der Waals surface area contributed by atoms with Gasteiger partial charge in [0.05, 0.1) is 5.69 Å². The second kappa shape index (κ2) is 5.19. The molecule has 0 aliphatic rings. The zero-order valence-electron chi connectivity index (χ0n) is 11.7. The van der Waals surface area contributed by atoms with E-state index >= 15 is 0 Å². The zero-order chi connectivity index (χ0) is 13.3. The van der Waals surface area contributed by atoms with Crippen LogP contribution in [-0.2, 0) is 13.5 Å². The standard InChI is InChI=1S/C15H20N2S/c1-6-14-15(17(5)12(4)16-14)18-13-8-10(2)7-11(3)9-13/h7-9H,6H2,1-5H3. The highest BCUT2D eigenvalue weighted by molar-refractivity contribution is 7.99. The molecular formula is C15H20N2S. The van der Waals surface area contributed by atoms with Gasteiger partial charge in [-0.05, 0) is 50.5 Å². The summed E-state index contributed by atoms with van der Waals surface area (Å²) in [5.41, 5.74) is 3.82. The first kappa shape index (κ1) is 13.2. The Labute approximate surface area is 113 Å². The number of aromatic nitrogens is 2. The highest BCUT2D eigenvalue weighted by Crippen LogP contribution is 2.32. The first-order valence-electron chi connectivity index (χ1n) is 6.29. The van der Waals surface area contributed by atoms with Gasteiger partial charge in [-0.25, -0.2) is 4.98 Å². The molecule has 96 valence electrons. The molecule has 2 aromatic rings. The smallest absolute Gasteiger partial charge is 0.106 e. The normalized spacial score (nSPS) is 10.9. The van der Waals surface area contributed by atoms with Gasteiger partial charge in [-0.3, -0.25) is 0 Å². The highest BCUT2D eigenvalue weighted by atomic mass is 32.2. The summed E-state index contributed by atoms with van der Waals surface area (Å²) in [5, 5.41) is 1.26. The molecule has 0 fully saturated rings. The minimum absolute atomic E-state index is 0.981. The number of nitrogens with zero attached hydrogens (tertiary/aromatic N) is 2. The maximum absolute atomic E-state index is 4.61. The molecule has 18 heavy (non-hydrogen) atoms. The highest BCUT2D eigenvalue weighted by Gasteiger charge is 2.12. The summed E-state index contributed by atoms with van der Waals surface area (Å²) in [7, 11) is 2.09. The van der Waals surface area contributed by atoms with Crippen molar-refractivity contribution in [3.05, 3.63) is 40.8 Å². The summed E-state index contributed by atoms with van der Waals surface area (Å²) < 4.78 is 2.18. The number of hydrogen-bond acceptors (Lipinski definition) is 2. The molecule has 0 saturated carbocycles. The van der Waals surface area contributed by atoms with E-state index in [1.807, 2.05) is 11.8 Å². The molecular weight excluding hydrogens is 240 g/mol. The van der Waals surface area contributed by atoms with Crippen LogP contribution in [0.4, 0.5) is 0 Å². The van der Waals surface area contributed by atoms with Crippen LogP contribution in [0.2, 0.25) is 0 Å². The molecule has 3 heteroatoms. The van der Waals surface area contributed by atoms with Crippen molar-refractivity contribution < 1.29 is 0 Å². The van der Waals surface area contributed by atoms with Crippen molar-refractivity contribution in [3.63, 3.8) is 0 Å². The van der Waals surface area contributed by atoms with Crippen LogP contribution in [0, 0.1) is 20.8 Å². The first-order valence-corrected chi connectivity index (χ1v) is 7.11. The van der Waals surface area contributed by atoms with Gasteiger partial charge in [0.15, 0.2) is 0 Å². The van der Waals surface area contributed by atoms with Gasteiger partial charge in [0.25, 0.3) is 0 Å². The maximum atomic E-state index is 4.61. The van der Waals surface area contributed by atoms with Crippen LogP contribution in [0.1, 0.15) is 29.6 Å². The van der Waals surface area contributed by atoms with Gasteiger partial charge in [-0.1, -0.05) is 24.8 Å². The first-order chi connectivity index (χ1) is 8.51. The number of imidazole rings is 1. The lowest BCUT2D eigenvalue weighted by atomic mass is 10.2. The van der Waals surface area contributed by atoms with E-state index in [1.54, 1.807) is 0 Å². The lowest BCUT2D eigenvalue weighted by molar-refractivity contribution is 0.778. The number of benzene rings is 1. The number of rotatable bonds is 3. The Hall–Kier alpha value is -1.22.